The van der Waals surface area contributed by atoms with Gasteiger partial charge in [-0.15, -0.1) is 0 Å². The largest absolute Gasteiger partial charge is 0.504 e. The van der Waals surface area contributed by atoms with Crippen LogP contribution in [0.25, 0.3) is 0 Å². The van der Waals surface area contributed by atoms with Gasteiger partial charge < -0.3 is 19.5 Å². The van der Waals surface area contributed by atoms with Crippen LogP contribution in [-0.2, 0) is 21.4 Å². The predicted octanol–water partition coefficient (Wildman–Crippen LogP) is 1.89. The number of hydrogen-bond acceptors (Lipinski definition) is 5. The molecule has 0 spiro atoms. The number of likely N-dealkylation sites (N-methyl/N-ethyl adjacent to an activating group) is 1. The number of likely N-dealkylation sites (tertiary alicyclic amines) is 1. The molecule has 24 heavy (non-hydrogen) atoms. The van der Waals surface area contributed by atoms with Crippen LogP contribution in [0.2, 0.25) is 0 Å². The molecule has 4 rings (SSSR count). The standard InChI is InChI=1S/C19H25NO4/c1-20-7-6-19-10-14(21)16(24-3)9-12(19)13(20)8-11-4-5-15(23-2)18(22)17(11)19/h4-5,12-13,16,22H,6-10H2,1-3H3. The van der Waals surface area contributed by atoms with Crippen molar-refractivity contribution in [2.75, 3.05) is 27.8 Å². The third-order valence-electron chi connectivity index (χ3n) is 6.63. The van der Waals surface area contributed by atoms with Crippen LogP contribution < -0.4 is 4.74 Å². The van der Waals surface area contributed by atoms with Crippen LogP contribution in [0, 0.1) is 5.92 Å². The van der Waals surface area contributed by atoms with Crippen molar-refractivity contribution in [3.8, 4) is 11.5 Å². The van der Waals surface area contributed by atoms with Gasteiger partial charge in [0.05, 0.1) is 7.11 Å². The minimum absolute atomic E-state index is 0.159. The van der Waals surface area contributed by atoms with Crippen molar-refractivity contribution in [3.05, 3.63) is 23.3 Å². The summed E-state index contributed by atoms with van der Waals surface area (Å²) >= 11 is 0. The zero-order chi connectivity index (χ0) is 17.1. The van der Waals surface area contributed by atoms with Crippen molar-refractivity contribution in [2.24, 2.45) is 5.92 Å². The van der Waals surface area contributed by atoms with E-state index in [-0.39, 0.29) is 23.1 Å². The smallest absolute Gasteiger partial charge is 0.162 e. The quantitative estimate of drug-likeness (QED) is 0.897. The molecule has 1 aliphatic heterocycles. The summed E-state index contributed by atoms with van der Waals surface area (Å²) in [6.07, 6.45) is 2.67. The lowest BCUT2D eigenvalue weighted by atomic mass is 9.51. The molecule has 130 valence electrons. The Kier molecular flexibility index (Phi) is 3.62. The lowest BCUT2D eigenvalue weighted by Gasteiger charge is -2.58. The normalized spacial score (nSPS) is 35.3. The molecule has 0 amide bonds. The first-order valence-electron chi connectivity index (χ1n) is 8.67. The number of hydrogen-bond donors (Lipinski definition) is 1. The van der Waals surface area contributed by atoms with Crippen molar-refractivity contribution >= 4 is 5.78 Å². The third-order valence-corrected chi connectivity index (χ3v) is 6.63. The topological polar surface area (TPSA) is 59.0 Å². The van der Waals surface area contributed by atoms with Gasteiger partial charge in [0.2, 0.25) is 0 Å². The van der Waals surface area contributed by atoms with Gasteiger partial charge >= 0.3 is 0 Å². The average molecular weight is 331 g/mol. The molecular weight excluding hydrogens is 306 g/mol. The summed E-state index contributed by atoms with van der Waals surface area (Å²) in [6.45, 7) is 0.947. The summed E-state index contributed by atoms with van der Waals surface area (Å²) in [5, 5.41) is 10.9. The Morgan fingerprint density at radius 2 is 2.12 bits per heavy atom. The van der Waals surface area contributed by atoms with Crippen molar-refractivity contribution in [1.82, 2.24) is 4.90 Å². The van der Waals surface area contributed by atoms with Gasteiger partial charge in [-0.1, -0.05) is 6.07 Å². The van der Waals surface area contributed by atoms with Crippen LogP contribution >= 0.6 is 0 Å². The molecule has 1 saturated carbocycles. The molecule has 5 nitrogen and oxygen atoms in total. The second kappa shape index (κ2) is 5.46. The molecule has 0 radical (unpaired) electrons. The van der Waals surface area contributed by atoms with Crippen molar-refractivity contribution in [1.29, 1.82) is 0 Å². The van der Waals surface area contributed by atoms with Gasteiger partial charge in [0.15, 0.2) is 17.3 Å². The highest BCUT2D eigenvalue weighted by Crippen LogP contribution is 2.58. The molecule has 2 aliphatic carbocycles. The summed E-state index contributed by atoms with van der Waals surface area (Å²) in [4.78, 5) is 15.1. The van der Waals surface area contributed by atoms with Crippen LogP contribution in [0.1, 0.15) is 30.4 Å². The molecular formula is C19H25NO4. The molecule has 1 N–H and O–H groups in total. The summed E-state index contributed by atoms with van der Waals surface area (Å²) < 4.78 is 10.8. The van der Waals surface area contributed by atoms with Crippen LogP contribution in [0.3, 0.4) is 0 Å². The number of phenolic OH excluding ortho intramolecular Hbond substituents is 1. The Balaban J connectivity index is 1.91. The maximum Gasteiger partial charge on any atom is 0.162 e. The van der Waals surface area contributed by atoms with E-state index in [9.17, 15) is 9.90 Å². The number of ketones is 1. The predicted molar refractivity (Wildman–Crippen MR) is 89.6 cm³/mol. The van der Waals surface area contributed by atoms with E-state index in [2.05, 4.69) is 18.0 Å². The number of benzene rings is 1. The Bertz CT molecular complexity index is 688. The number of phenols is 1. The summed E-state index contributed by atoms with van der Waals surface area (Å²) in [5.41, 5.74) is 1.83. The van der Waals surface area contributed by atoms with E-state index in [0.717, 1.165) is 36.9 Å². The minimum atomic E-state index is -0.313. The molecule has 4 atom stereocenters. The first kappa shape index (κ1) is 15.9. The molecule has 0 aromatic heterocycles. The van der Waals surface area contributed by atoms with E-state index in [1.54, 1.807) is 14.2 Å². The second-order valence-corrected chi connectivity index (χ2v) is 7.52. The number of carbonyl (C=O) groups is 1. The van der Waals surface area contributed by atoms with Crippen molar-refractivity contribution < 1.29 is 19.4 Å². The zero-order valence-corrected chi connectivity index (χ0v) is 14.5. The molecule has 5 heteroatoms. The van der Waals surface area contributed by atoms with Crippen molar-refractivity contribution in [2.45, 2.75) is 43.2 Å². The summed E-state index contributed by atoms with van der Waals surface area (Å²) in [7, 11) is 5.36. The molecule has 2 fully saturated rings. The number of ether oxygens (including phenoxy) is 2. The molecule has 1 saturated heterocycles. The Labute approximate surface area is 142 Å². The molecule has 1 aromatic carbocycles. The summed E-state index contributed by atoms with van der Waals surface area (Å²) in [5.74, 6) is 1.21. The Hall–Kier alpha value is -1.59. The fourth-order valence-electron chi connectivity index (χ4n) is 5.45. The van der Waals surface area contributed by atoms with E-state index in [4.69, 9.17) is 9.47 Å². The number of carbonyl (C=O) groups excluding carboxylic acids is 1. The number of aromatic hydroxyl groups is 1. The molecule has 3 aliphatic rings. The number of piperidine rings is 1. The highest BCUT2D eigenvalue weighted by atomic mass is 16.5. The highest BCUT2D eigenvalue weighted by molar-refractivity contribution is 5.86. The highest BCUT2D eigenvalue weighted by Gasteiger charge is 2.58. The number of rotatable bonds is 2. The van der Waals surface area contributed by atoms with Gasteiger partial charge in [-0.05, 0) is 50.4 Å². The fourth-order valence-corrected chi connectivity index (χ4v) is 5.45. The molecule has 4 unspecified atom stereocenters. The SMILES string of the molecule is COc1ccc2c(c1O)C13CCN(C)C(C2)C1CC(OC)C(=O)C3. The van der Waals surface area contributed by atoms with E-state index >= 15 is 0 Å². The first-order valence-corrected chi connectivity index (χ1v) is 8.67. The van der Waals surface area contributed by atoms with Crippen molar-refractivity contribution in [3.63, 3.8) is 0 Å². The Morgan fingerprint density at radius 3 is 2.83 bits per heavy atom. The number of methoxy groups -OCH3 is 2. The van der Waals surface area contributed by atoms with Gasteiger partial charge in [-0.3, -0.25) is 4.79 Å². The van der Waals surface area contributed by atoms with Crippen LogP contribution in [0.15, 0.2) is 12.1 Å². The number of nitrogens with zero attached hydrogens (tertiary/aromatic N) is 1. The van der Waals surface area contributed by atoms with Gasteiger partial charge in [-0.25, -0.2) is 0 Å². The van der Waals surface area contributed by atoms with Gasteiger partial charge in [0.25, 0.3) is 0 Å². The Morgan fingerprint density at radius 1 is 1.33 bits per heavy atom. The molecule has 1 heterocycles. The second-order valence-electron chi connectivity index (χ2n) is 7.52. The lowest BCUT2D eigenvalue weighted by molar-refractivity contribution is -0.141. The van der Waals surface area contributed by atoms with Crippen LogP contribution in [0.5, 0.6) is 11.5 Å². The average Bonchev–Trinajstić information content (AvgIpc) is 2.57. The summed E-state index contributed by atoms with van der Waals surface area (Å²) in [6, 6.07) is 4.29. The number of Topliss-reactive ketones (excluding diaryl/α,β-unsaturated/α-hetero) is 1. The minimum Gasteiger partial charge on any atom is -0.504 e. The van der Waals surface area contributed by atoms with E-state index in [1.807, 2.05) is 6.07 Å². The van der Waals surface area contributed by atoms with Gasteiger partial charge in [0.1, 0.15) is 6.10 Å². The van der Waals surface area contributed by atoms with Crippen LogP contribution in [0.4, 0.5) is 0 Å². The first-order chi connectivity index (χ1) is 11.5. The third kappa shape index (κ3) is 1.97. The maximum atomic E-state index is 12.7. The lowest BCUT2D eigenvalue weighted by Crippen LogP contribution is -2.63. The van der Waals surface area contributed by atoms with Crippen LogP contribution in [-0.4, -0.2) is 55.7 Å². The van der Waals surface area contributed by atoms with E-state index < -0.39 is 0 Å². The fraction of sp³-hybridized carbons (Fsp3) is 0.632. The molecule has 1 aromatic rings. The molecule has 2 bridgehead atoms. The zero-order valence-electron chi connectivity index (χ0n) is 14.5. The van der Waals surface area contributed by atoms with E-state index in [1.165, 1.54) is 0 Å². The van der Waals surface area contributed by atoms with Gasteiger partial charge in [-0.2, -0.15) is 0 Å². The monoisotopic (exact) mass is 331 g/mol. The number of fused-ring (bicyclic) bond motifs is 1. The van der Waals surface area contributed by atoms with Gasteiger partial charge in [0, 0.05) is 30.6 Å². The van der Waals surface area contributed by atoms with E-state index in [0.29, 0.717) is 24.1 Å². The maximum absolute atomic E-state index is 12.7.